The van der Waals surface area contributed by atoms with Gasteiger partial charge >= 0.3 is 5.97 Å². The van der Waals surface area contributed by atoms with Crippen LogP contribution in [0.25, 0.3) is 11.4 Å². The molecule has 23 heavy (non-hydrogen) atoms. The van der Waals surface area contributed by atoms with Crippen molar-refractivity contribution in [2.45, 2.75) is 12.8 Å². The molecule has 0 saturated carbocycles. The maximum Gasteiger partial charge on any atom is 0.337 e. The molecular weight excluding hydrogens is 320 g/mol. The summed E-state index contributed by atoms with van der Waals surface area (Å²) in [5, 5.41) is 3.91. The monoisotopic (exact) mass is 336 g/mol. The summed E-state index contributed by atoms with van der Waals surface area (Å²) < 4.78 is 32.8. The van der Waals surface area contributed by atoms with Crippen LogP contribution in [-0.4, -0.2) is 43.1 Å². The summed E-state index contributed by atoms with van der Waals surface area (Å²) in [7, 11) is -1.59. The highest BCUT2D eigenvalue weighted by Crippen LogP contribution is 2.23. The molecule has 1 saturated heterocycles. The predicted octanol–water partition coefficient (Wildman–Crippen LogP) is 1.50. The van der Waals surface area contributed by atoms with E-state index in [0.717, 1.165) is 0 Å². The van der Waals surface area contributed by atoms with Crippen LogP contribution in [0.15, 0.2) is 28.8 Å². The Labute approximate surface area is 133 Å². The summed E-state index contributed by atoms with van der Waals surface area (Å²) in [6, 6.07) is 6.67. The molecule has 2 heterocycles. The molecule has 1 aliphatic heterocycles. The molecule has 8 heteroatoms. The molecule has 2 aromatic rings. The minimum absolute atomic E-state index is 0.0370. The van der Waals surface area contributed by atoms with Gasteiger partial charge in [-0.15, -0.1) is 0 Å². The molecule has 0 spiro atoms. The first-order valence-corrected chi connectivity index (χ1v) is 9.01. The lowest BCUT2D eigenvalue weighted by atomic mass is 10.1. The quantitative estimate of drug-likeness (QED) is 0.780. The molecule has 0 unspecified atom stereocenters. The highest BCUT2D eigenvalue weighted by Gasteiger charge is 2.29. The number of hydrogen-bond acceptors (Lipinski definition) is 7. The fourth-order valence-corrected chi connectivity index (χ4v) is 4.47. The third-order valence-corrected chi connectivity index (χ3v) is 5.66. The van der Waals surface area contributed by atoms with Crippen molar-refractivity contribution in [2.24, 2.45) is 5.92 Å². The van der Waals surface area contributed by atoms with Gasteiger partial charge in [0.1, 0.15) is 0 Å². The van der Waals surface area contributed by atoms with Crippen molar-refractivity contribution in [3.63, 3.8) is 0 Å². The molecule has 3 rings (SSSR count). The third kappa shape index (κ3) is 3.58. The molecule has 0 bridgehead atoms. The number of esters is 1. The zero-order valence-corrected chi connectivity index (χ0v) is 13.4. The van der Waals surface area contributed by atoms with Gasteiger partial charge in [-0.3, -0.25) is 0 Å². The fourth-order valence-electron chi connectivity index (χ4n) is 2.61. The van der Waals surface area contributed by atoms with E-state index in [1.165, 1.54) is 7.11 Å². The standard InChI is InChI=1S/C15H16N2O5S/c1-21-15(18)12-4-2-11(3-5-12)14-16-13(22-17-14)8-10-6-7-23(19,20)9-10/h2-5,10H,6-9H2,1H3/t10-/m1/s1. The number of sulfone groups is 1. The second-order valence-electron chi connectivity index (χ2n) is 5.55. The topological polar surface area (TPSA) is 99.4 Å². The smallest absolute Gasteiger partial charge is 0.337 e. The van der Waals surface area contributed by atoms with Gasteiger partial charge in [-0.2, -0.15) is 4.98 Å². The molecular formula is C15H16N2O5S. The van der Waals surface area contributed by atoms with Crippen molar-refractivity contribution in [1.82, 2.24) is 10.1 Å². The molecule has 1 aromatic carbocycles. The molecule has 1 atom stereocenters. The van der Waals surface area contributed by atoms with Crippen molar-refractivity contribution in [3.05, 3.63) is 35.7 Å². The third-order valence-electron chi connectivity index (χ3n) is 3.82. The van der Waals surface area contributed by atoms with E-state index in [9.17, 15) is 13.2 Å². The zero-order valence-electron chi connectivity index (χ0n) is 12.6. The van der Waals surface area contributed by atoms with Gasteiger partial charge in [0.2, 0.25) is 11.7 Å². The number of hydrogen-bond donors (Lipinski definition) is 0. The second kappa shape index (κ2) is 6.11. The number of ether oxygens (including phenoxy) is 1. The van der Waals surface area contributed by atoms with E-state index in [1.54, 1.807) is 24.3 Å². The van der Waals surface area contributed by atoms with Gasteiger partial charge in [0.05, 0.1) is 24.2 Å². The highest BCUT2D eigenvalue weighted by molar-refractivity contribution is 7.91. The van der Waals surface area contributed by atoms with Gasteiger partial charge in [0, 0.05) is 12.0 Å². The van der Waals surface area contributed by atoms with Crippen molar-refractivity contribution >= 4 is 15.8 Å². The van der Waals surface area contributed by atoms with Crippen LogP contribution in [-0.2, 0) is 21.0 Å². The van der Waals surface area contributed by atoms with Gasteiger partial charge in [-0.25, -0.2) is 13.2 Å². The maximum absolute atomic E-state index is 11.5. The van der Waals surface area contributed by atoms with E-state index in [-0.39, 0.29) is 17.4 Å². The number of carbonyl (C=O) groups is 1. The van der Waals surface area contributed by atoms with Gasteiger partial charge < -0.3 is 9.26 Å². The van der Waals surface area contributed by atoms with E-state index in [2.05, 4.69) is 14.9 Å². The number of methoxy groups -OCH3 is 1. The summed E-state index contributed by atoms with van der Waals surface area (Å²) in [6.07, 6.45) is 1.10. The minimum atomic E-state index is -2.91. The van der Waals surface area contributed by atoms with Gasteiger partial charge in [-0.1, -0.05) is 17.3 Å². The zero-order chi connectivity index (χ0) is 16.4. The summed E-state index contributed by atoms with van der Waals surface area (Å²) in [5.74, 6) is 0.880. The Hall–Kier alpha value is -2.22. The van der Waals surface area contributed by atoms with Crippen molar-refractivity contribution in [1.29, 1.82) is 0 Å². The first-order chi connectivity index (χ1) is 11.0. The molecule has 0 amide bonds. The van der Waals surface area contributed by atoms with Crippen LogP contribution < -0.4 is 0 Å². The molecule has 7 nitrogen and oxygen atoms in total. The van der Waals surface area contributed by atoms with Gasteiger partial charge in [0.15, 0.2) is 9.84 Å². The molecule has 0 aliphatic carbocycles. The predicted molar refractivity (Wildman–Crippen MR) is 81.5 cm³/mol. The van der Waals surface area contributed by atoms with Crippen LogP contribution in [0.4, 0.5) is 0 Å². The second-order valence-corrected chi connectivity index (χ2v) is 7.78. The van der Waals surface area contributed by atoms with Gasteiger partial charge in [0.25, 0.3) is 0 Å². The number of nitrogens with zero attached hydrogens (tertiary/aromatic N) is 2. The molecule has 1 fully saturated rings. The molecule has 1 aromatic heterocycles. The van der Waals surface area contributed by atoms with Crippen LogP contribution in [0, 0.1) is 5.92 Å². The Morgan fingerprint density at radius 3 is 2.70 bits per heavy atom. The lowest BCUT2D eigenvalue weighted by molar-refractivity contribution is 0.0600. The Bertz CT molecular complexity index is 811. The minimum Gasteiger partial charge on any atom is -0.465 e. The lowest BCUT2D eigenvalue weighted by Gasteiger charge is -2.01. The summed E-state index contributed by atoms with van der Waals surface area (Å²) in [6.45, 7) is 0. The number of carbonyl (C=O) groups excluding carboxylic acids is 1. The molecule has 1 aliphatic rings. The average Bonchev–Trinajstić information content (AvgIpc) is 3.13. The first kappa shape index (κ1) is 15.7. The largest absolute Gasteiger partial charge is 0.465 e. The van der Waals surface area contributed by atoms with Crippen LogP contribution in [0.1, 0.15) is 22.7 Å². The normalized spacial score (nSPS) is 19.6. The van der Waals surface area contributed by atoms with E-state index < -0.39 is 15.8 Å². The molecule has 0 radical (unpaired) electrons. The SMILES string of the molecule is COC(=O)c1ccc(-c2noc(C[C@H]3CCS(=O)(=O)C3)n2)cc1. The Balaban J connectivity index is 1.70. The molecule has 122 valence electrons. The van der Waals surface area contributed by atoms with Crippen molar-refractivity contribution < 1.29 is 22.5 Å². The summed E-state index contributed by atoms with van der Waals surface area (Å²) in [5.41, 5.74) is 1.16. The maximum atomic E-state index is 11.5. The van der Waals surface area contributed by atoms with Crippen LogP contribution in [0.3, 0.4) is 0 Å². The Morgan fingerprint density at radius 2 is 2.09 bits per heavy atom. The van der Waals surface area contributed by atoms with Crippen LogP contribution >= 0.6 is 0 Å². The summed E-state index contributed by atoms with van der Waals surface area (Å²) in [4.78, 5) is 15.7. The highest BCUT2D eigenvalue weighted by atomic mass is 32.2. The summed E-state index contributed by atoms with van der Waals surface area (Å²) >= 11 is 0. The fraction of sp³-hybridized carbons (Fsp3) is 0.400. The molecule has 0 N–H and O–H groups in total. The lowest BCUT2D eigenvalue weighted by Crippen LogP contribution is -2.07. The number of benzene rings is 1. The number of aromatic nitrogens is 2. The van der Waals surface area contributed by atoms with Crippen molar-refractivity contribution in [2.75, 3.05) is 18.6 Å². The Kier molecular flexibility index (Phi) is 4.16. The number of rotatable bonds is 4. The first-order valence-electron chi connectivity index (χ1n) is 7.18. The average molecular weight is 336 g/mol. The van der Waals surface area contributed by atoms with E-state index in [0.29, 0.717) is 35.7 Å². The van der Waals surface area contributed by atoms with Crippen LogP contribution in [0.5, 0.6) is 0 Å². The Morgan fingerprint density at radius 1 is 1.35 bits per heavy atom. The van der Waals surface area contributed by atoms with Crippen LogP contribution in [0.2, 0.25) is 0 Å². The van der Waals surface area contributed by atoms with E-state index in [4.69, 9.17) is 4.52 Å². The van der Waals surface area contributed by atoms with Crippen molar-refractivity contribution in [3.8, 4) is 11.4 Å². The van der Waals surface area contributed by atoms with E-state index in [1.807, 2.05) is 0 Å². The van der Waals surface area contributed by atoms with Gasteiger partial charge in [-0.05, 0) is 24.5 Å². The van der Waals surface area contributed by atoms with E-state index >= 15 is 0 Å².